The third kappa shape index (κ3) is 2.27. The fraction of sp³-hybridized carbons (Fsp3) is 0.143. The van der Waals surface area contributed by atoms with Crippen LogP contribution < -0.4 is 0 Å². The summed E-state index contributed by atoms with van der Waals surface area (Å²) in [5.41, 5.74) is 0.0545. The summed E-state index contributed by atoms with van der Waals surface area (Å²) in [7, 11) is 0. The third-order valence-electron chi connectivity index (χ3n) is 1.15. The van der Waals surface area contributed by atoms with Crippen molar-refractivity contribution in [2.24, 2.45) is 0 Å². The summed E-state index contributed by atoms with van der Waals surface area (Å²) in [4.78, 5) is 0. The van der Waals surface area contributed by atoms with E-state index in [1.54, 1.807) is 0 Å². The van der Waals surface area contributed by atoms with E-state index in [2.05, 4.69) is 0 Å². The molecule has 57 valence electrons. The first kappa shape index (κ1) is 11.1. The van der Waals surface area contributed by atoms with Crippen molar-refractivity contribution in [3.05, 3.63) is 35.1 Å². The van der Waals surface area contributed by atoms with Crippen molar-refractivity contribution in [3.63, 3.8) is 0 Å². The van der Waals surface area contributed by atoms with E-state index in [0.29, 0.717) is 0 Å². The van der Waals surface area contributed by atoms with Gasteiger partial charge >= 0.3 is 0 Å². The van der Waals surface area contributed by atoms with Crippen molar-refractivity contribution in [2.75, 3.05) is 0 Å². The molecule has 1 aromatic carbocycles. The van der Waals surface area contributed by atoms with Crippen LogP contribution in [-0.2, 0) is 32.7 Å². The summed E-state index contributed by atoms with van der Waals surface area (Å²) in [5.74, 6) is -3.88. The van der Waals surface area contributed by atoms with Crippen LogP contribution in [-0.4, -0.2) is 0 Å². The van der Waals surface area contributed by atoms with Crippen LogP contribution in [0.5, 0.6) is 0 Å². The van der Waals surface area contributed by atoms with Crippen molar-refractivity contribution in [3.8, 4) is 0 Å². The van der Waals surface area contributed by atoms with Gasteiger partial charge < -0.3 is 0 Å². The maximum absolute atomic E-state index is 12.4. The molecule has 0 aliphatic rings. The summed E-state index contributed by atoms with van der Waals surface area (Å²) >= 11 is 0. The summed E-state index contributed by atoms with van der Waals surface area (Å²) in [6.45, 7) is 1.34. The molecule has 0 spiro atoms. The second-order valence-electron chi connectivity index (χ2n) is 1.91. The number of rotatable bonds is 0. The first-order valence-corrected chi connectivity index (χ1v) is 2.64. The SMILES string of the molecule is Cc1c[c-]c(F)c(F)c1F.[Y]. The minimum atomic E-state index is -1.46. The molecule has 0 amide bonds. The number of aryl methyl sites for hydroxylation is 1. The van der Waals surface area contributed by atoms with Gasteiger partial charge in [-0.25, -0.2) is 8.78 Å². The van der Waals surface area contributed by atoms with Crippen molar-refractivity contribution >= 4 is 0 Å². The van der Waals surface area contributed by atoms with Crippen molar-refractivity contribution in [1.29, 1.82) is 0 Å². The summed E-state index contributed by atoms with van der Waals surface area (Å²) < 4.78 is 36.7. The zero-order chi connectivity index (χ0) is 7.72. The van der Waals surface area contributed by atoms with Gasteiger partial charge in [-0.3, -0.25) is 4.39 Å². The van der Waals surface area contributed by atoms with Crippen molar-refractivity contribution in [2.45, 2.75) is 6.92 Å². The van der Waals surface area contributed by atoms with Crippen molar-refractivity contribution < 1.29 is 45.9 Å². The number of halogens is 3. The minimum absolute atomic E-state index is 0. The Morgan fingerprint density at radius 2 is 1.73 bits per heavy atom. The Labute approximate surface area is 87.7 Å². The molecule has 1 radical (unpaired) electrons. The predicted octanol–water partition coefficient (Wildman–Crippen LogP) is 2.21. The second kappa shape index (κ2) is 4.22. The average Bonchev–Trinajstić information content (AvgIpc) is 1.93. The van der Waals surface area contributed by atoms with Gasteiger partial charge in [0, 0.05) is 38.5 Å². The smallest absolute Gasteiger partial charge is 0.0784 e. The molecule has 11 heavy (non-hydrogen) atoms. The van der Waals surface area contributed by atoms with Crippen LogP contribution in [0, 0.1) is 30.4 Å². The van der Waals surface area contributed by atoms with Gasteiger partial charge in [-0.05, 0) is 0 Å². The first-order valence-electron chi connectivity index (χ1n) is 2.64. The van der Waals surface area contributed by atoms with Gasteiger partial charge in [0.2, 0.25) is 0 Å². The molecule has 0 aliphatic carbocycles. The number of hydrogen-bond donors (Lipinski definition) is 0. The monoisotopic (exact) mass is 234 g/mol. The Morgan fingerprint density at radius 3 is 2.18 bits per heavy atom. The van der Waals surface area contributed by atoms with E-state index in [0.717, 1.165) is 6.07 Å². The summed E-state index contributed by atoms with van der Waals surface area (Å²) in [6.07, 6.45) is 0. The molecule has 0 unspecified atom stereocenters. The van der Waals surface area contributed by atoms with Crippen LogP contribution in [0.4, 0.5) is 13.2 Å². The number of benzene rings is 1. The van der Waals surface area contributed by atoms with E-state index < -0.39 is 17.5 Å². The van der Waals surface area contributed by atoms with Gasteiger partial charge in [0.05, 0.1) is 11.6 Å². The Bertz CT molecular complexity index is 233. The molecule has 0 bridgehead atoms. The normalized spacial score (nSPS) is 9.09. The van der Waals surface area contributed by atoms with E-state index in [1.807, 2.05) is 6.07 Å². The second-order valence-corrected chi connectivity index (χ2v) is 1.91. The molecule has 0 aliphatic heterocycles. The Morgan fingerprint density at radius 1 is 1.18 bits per heavy atom. The summed E-state index contributed by atoms with van der Waals surface area (Å²) in [6, 6.07) is 2.99. The fourth-order valence-electron chi connectivity index (χ4n) is 0.568. The van der Waals surface area contributed by atoms with Gasteiger partial charge in [-0.1, -0.05) is 6.92 Å². The van der Waals surface area contributed by atoms with Gasteiger partial charge in [-0.2, -0.15) is 6.07 Å². The van der Waals surface area contributed by atoms with Gasteiger partial charge in [0.1, 0.15) is 0 Å². The molecule has 0 heterocycles. The largest absolute Gasteiger partial charge is 0.278 e. The van der Waals surface area contributed by atoms with Crippen LogP contribution in [0.2, 0.25) is 0 Å². The maximum atomic E-state index is 12.4. The molecule has 0 fully saturated rings. The topological polar surface area (TPSA) is 0 Å². The maximum Gasteiger partial charge on any atom is 0.0784 e. The molecule has 4 heteroatoms. The molecule has 0 saturated heterocycles. The molecule has 1 rings (SSSR count). The van der Waals surface area contributed by atoms with Crippen LogP contribution in [0.15, 0.2) is 6.07 Å². The number of hydrogen-bond acceptors (Lipinski definition) is 0. The van der Waals surface area contributed by atoms with Crippen LogP contribution in [0.3, 0.4) is 0 Å². The fourth-order valence-corrected chi connectivity index (χ4v) is 0.568. The predicted molar refractivity (Wildman–Crippen MR) is 29.9 cm³/mol. The zero-order valence-corrected chi connectivity index (χ0v) is 8.63. The van der Waals surface area contributed by atoms with Gasteiger partial charge in [-0.15, -0.1) is 11.6 Å². The zero-order valence-electron chi connectivity index (χ0n) is 5.79. The van der Waals surface area contributed by atoms with E-state index in [-0.39, 0.29) is 38.3 Å². The standard InChI is InChI=1S/C7H4F3.Y/c1-4-2-3-5(8)7(10)6(4)9;/h2H,1H3;/q-1;. The van der Waals surface area contributed by atoms with Gasteiger partial charge in [0.15, 0.2) is 0 Å². The van der Waals surface area contributed by atoms with Crippen LogP contribution in [0.25, 0.3) is 0 Å². The van der Waals surface area contributed by atoms with Crippen LogP contribution in [0.1, 0.15) is 5.56 Å². The molecule has 1 aromatic rings. The van der Waals surface area contributed by atoms with Gasteiger partial charge in [0.25, 0.3) is 0 Å². The Kier molecular flexibility index (Phi) is 4.26. The minimum Gasteiger partial charge on any atom is -0.278 e. The first-order chi connectivity index (χ1) is 4.63. The van der Waals surface area contributed by atoms with E-state index >= 15 is 0 Å². The molecule has 0 saturated carbocycles. The third-order valence-corrected chi connectivity index (χ3v) is 1.15. The molecule has 0 aromatic heterocycles. The van der Waals surface area contributed by atoms with Crippen LogP contribution >= 0.6 is 0 Å². The van der Waals surface area contributed by atoms with Crippen molar-refractivity contribution in [1.82, 2.24) is 0 Å². The molecular formula is C7H4F3Y-. The molecule has 0 nitrogen and oxygen atoms in total. The summed E-state index contributed by atoms with van der Waals surface area (Å²) in [5, 5.41) is 0. The molecular weight excluding hydrogens is 230 g/mol. The Hall–Kier alpha value is 0.114. The Balaban J connectivity index is 0.000001000. The van der Waals surface area contributed by atoms with E-state index in [9.17, 15) is 13.2 Å². The average molecular weight is 234 g/mol. The molecule has 0 N–H and O–H groups in total. The quantitative estimate of drug-likeness (QED) is 0.476. The molecule has 0 atom stereocenters. The van der Waals surface area contributed by atoms with E-state index in [1.165, 1.54) is 6.92 Å². The van der Waals surface area contributed by atoms with E-state index in [4.69, 9.17) is 0 Å².